The number of halogens is 1. The van der Waals surface area contributed by atoms with Crippen LogP contribution in [0.4, 0.5) is 0 Å². The first-order valence-corrected chi connectivity index (χ1v) is 9.81. The fraction of sp³-hybridized carbons (Fsp3) is 0.556. The molecule has 2 atom stereocenters. The molecule has 1 saturated carbocycles. The zero-order chi connectivity index (χ0) is 18.3. The van der Waals surface area contributed by atoms with E-state index >= 15 is 0 Å². The Kier molecular flexibility index (Phi) is 4.69. The Morgan fingerprint density at radius 2 is 2.15 bits per heavy atom. The summed E-state index contributed by atoms with van der Waals surface area (Å²) in [5.74, 6) is 0.433. The molecule has 1 saturated heterocycles. The normalized spacial score (nSPS) is 21.6. The maximum absolute atomic E-state index is 12.6. The van der Waals surface area contributed by atoms with Crippen LogP contribution in [-0.2, 0) is 14.3 Å². The zero-order valence-electron chi connectivity index (χ0n) is 14.6. The van der Waals surface area contributed by atoms with Crippen molar-refractivity contribution in [3.63, 3.8) is 0 Å². The molecule has 1 aliphatic carbocycles. The van der Waals surface area contributed by atoms with Crippen LogP contribution in [0.3, 0.4) is 0 Å². The minimum Gasteiger partial charge on any atom is -0.454 e. The van der Waals surface area contributed by atoms with Crippen molar-refractivity contribution in [2.45, 2.75) is 38.7 Å². The molecule has 0 aromatic carbocycles. The van der Waals surface area contributed by atoms with Crippen LogP contribution < -0.4 is 0 Å². The van der Waals surface area contributed by atoms with Crippen LogP contribution in [-0.4, -0.2) is 44.8 Å². The van der Waals surface area contributed by atoms with Crippen LogP contribution >= 0.6 is 15.9 Å². The number of amides is 1. The van der Waals surface area contributed by atoms with Crippen molar-refractivity contribution < 1.29 is 14.3 Å². The molecule has 2 aliphatic rings. The number of nitrogens with zero attached hydrogens (tertiary/aromatic N) is 3. The first kappa shape index (κ1) is 17.5. The molecule has 1 N–H and O–H groups in total. The summed E-state index contributed by atoms with van der Waals surface area (Å²) in [6.07, 6.45) is 4.75. The van der Waals surface area contributed by atoms with Crippen LogP contribution in [0, 0.1) is 11.8 Å². The summed E-state index contributed by atoms with van der Waals surface area (Å²) in [4.78, 5) is 38.4. The SMILES string of the molecule is C[C@H](OC(=O)[C@H]1CCCN(C(=O)C2CC2)C1)c1nc2ncc(Br)cc2[nH]1. The highest BCUT2D eigenvalue weighted by Crippen LogP contribution is 2.33. The van der Waals surface area contributed by atoms with E-state index in [0.717, 1.165) is 42.2 Å². The molecule has 8 heteroatoms. The monoisotopic (exact) mass is 420 g/mol. The van der Waals surface area contributed by atoms with Gasteiger partial charge in [0.15, 0.2) is 11.8 Å². The molecular weight excluding hydrogens is 400 g/mol. The third kappa shape index (κ3) is 3.60. The van der Waals surface area contributed by atoms with Crippen LogP contribution in [0.1, 0.15) is 44.5 Å². The molecule has 26 heavy (non-hydrogen) atoms. The minimum absolute atomic E-state index is 0.186. The molecule has 0 bridgehead atoms. The predicted molar refractivity (Wildman–Crippen MR) is 98.1 cm³/mol. The number of nitrogens with one attached hydrogen (secondary N) is 1. The van der Waals surface area contributed by atoms with E-state index in [1.165, 1.54) is 0 Å². The lowest BCUT2D eigenvalue weighted by atomic mass is 9.97. The van der Waals surface area contributed by atoms with Crippen molar-refractivity contribution in [3.8, 4) is 0 Å². The van der Waals surface area contributed by atoms with Gasteiger partial charge in [-0.1, -0.05) is 0 Å². The van der Waals surface area contributed by atoms with E-state index in [9.17, 15) is 9.59 Å². The summed E-state index contributed by atoms with van der Waals surface area (Å²) in [7, 11) is 0. The van der Waals surface area contributed by atoms with Crippen LogP contribution in [0.5, 0.6) is 0 Å². The Morgan fingerprint density at radius 1 is 1.35 bits per heavy atom. The number of carbonyl (C=O) groups excluding carboxylic acids is 2. The molecule has 2 aromatic rings. The summed E-state index contributed by atoms with van der Waals surface area (Å²) < 4.78 is 6.48. The topological polar surface area (TPSA) is 88.2 Å². The third-order valence-electron chi connectivity index (χ3n) is 4.99. The van der Waals surface area contributed by atoms with Gasteiger partial charge in [0.25, 0.3) is 0 Å². The van der Waals surface area contributed by atoms with E-state index < -0.39 is 6.10 Å². The molecule has 3 heterocycles. The molecule has 2 fully saturated rings. The van der Waals surface area contributed by atoms with Gasteiger partial charge in [0.1, 0.15) is 5.82 Å². The van der Waals surface area contributed by atoms with Gasteiger partial charge in [-0.2, -0.15) is 0 Å². The lowest BCUT2D eigenvalue weighted by Crippen LogP contribution is -2.43. The van der Waals surface area contributed by atoms with Crippen LogP contribution in [0.15, 0.2) is 16.7 Å². The maximum Gasteiger partial charge on any atom is 0.311 e. The number of hydrogen-bond acceptors (Lipinski definition) is 5. The Bertz CT molecular complexity index is 848. The molecule has 0 spiro atoms. The predicted octanol–water partition coefficient (Wildman–Crippen LogP) is 2.97. The van der Waals surface area contributed by atoms with Crippen molar-refractivity contribution >= 4 is 39.0 Å². The van der Waals surface area contributed by atoms with E-state index in [0.29, 0.717) is 18.0 Å². The second-order valence-electron chi connectivity index (χ2n) is 7.12. The Morgan fingerprint density at radius 3 is 2.92 bits per heavy atom. The van der Waals surface area contributed by atoms with Crippen molar-refractivity contribution in [1.82, 2.24) is 19.9 Å². The van der Waals surface area contributed by atoms with Crippen LogP contribution in [0.2, 0.25) is 0 Å². The Hall–Kier alpha value is -1.96. The van der Waals surface area contributed by atoms with Gasteiger partial charge in [-0.25, -0.2) is 9.97 Å². The number of esters is 1. The minimum atomic E-state index is -0.495. The lowest BCUT2D eigenvalue weighted by molar-refractivity contribution is -0.157. The standard InChI is InChI=1S/C18H21BrN4O3/c1-10(15-21-14-7-13(19)8-20-16(14)22-15)26-18(25)12-3-2-6-23(9-12)17(24)11-4-5-11/h7-8,10-12H,2-6,9H2,1H3,(H,20,21,22)/t10-,12-/m0/s1. The highest BCUT2D eigenvalue weighted by molar-refractivity contribution is 9.10. The molecule has 2 aromatic heterocycles. The average molecular weight is 421 g/mol. The Balaban J connectivity index is 1.40. The zero-order valence-corrected chi connectivity index (χ0v) is 16.2. The third-order valence-corrected chi connectivity index (χ3v) is 5.43. The van der Waals surface area contributed by atoms with Gasteiger partial charge in [0.2, 0.25) is 5.91 Å². The second-order valence-corrected chi connectivity index (χ2v) is 8.04. The van der Waals surface area contributed by atoms with Crippen molar-refractivity contribution in [2.75, 3.05) is 13.1 Å². The van der Waals surface area contributed by atoms with Crippen molar-refractivity contribution in [2.24, 2.45) is 11.8 Å². The number of aromatic amines is 1. The number of H-pyrrole nitrogens is 1. The van der Waals surface area contributed by atoms with Gasteiger partial charge in [-0.3, -0.25) is 9.59 Å². The number of likely N-dealkylation sites (tertiary alicyclic amines) is 1. The maximum atomic E-state index is 12.6. The van der Waals surface area contributed by atoms with Crippen molar-refractivity contribution in [3.05, 3.63) is 22.6 Å². The highest BCUT2D eigenvalue weighted by Gasteiger charge is 2.37. The van der Waals surface area contributed by atoms with Gasteiger partial charge in [-0.05, 0) is 54.6 Å². The first-order valence-electron chi connectivity index (χ1n) is 9.01. The van der Waals surface area contributed by atoms with Crippen LogP contribution in [0.25, 0.3) is 11.2 Å². The number of aromatic nitrogens is 3. The fourth-order valence-electron chi connectivity index (χ4n) is 3.37. The number of pyridine rings is 1. The average Bonchev–Trinajstić information content (AvgIpc) is 3.40. The number of hydrogen-bond donors (Lipinski definition) is 1. The molecule has 0 unspecified atom stereocenters. The molecule has 0 radical (unpaired) electrons. The fourth-order valence-corrected chi connectivity index (χ4v) is 3.70. The van der Waals surface area contributed by atoms with Crippen molar-refractivity contribution in [1.29, 1.82) is 0 Å². The summed E-state index contributed by atoms with van der Waals surface area (Å²) >= 11 is 3.38. The number of ether oxygens (including phenoxy) is 1. The van der Waals surface area contributed by atoms with Gasteiger partial charge in [0.05, 0.1) is 11.4 Å². The molecular formula is C18H21BrN4O3. The summed E-state index contributed by atoms with van der Waals surface area (Å²) in [5.41, 5.74) is 1.38. The smallest absolute Gasteiger partial charge is 0.311 e. The van der Waals surface area contributed by atoms with E-state index in [4.69, 9.17) is 4.74 Å². The van der Waals surface area contributed by atoms with Gasteiger partial charge >= 0.3 is 5.97 Å². The number of imidazole rings is 1. The largest absolute Gasteiger partial charge is 0.454 e. The first-order chi connectivity index (χ1) is 12.5. The van der Waals surface area contributed by atoms with Gasteiger partial charge in [0, 0.05) is 29.7 Å². The second kappa shape index (κ2) is 6.98. The molecule has 138 valence electrons. The molecule has 4 rings (SSSR count). The number of rotatable bonds is 4. The van der Waals surface area contributed by atoms with E-state index in [-0.39, 0.29) is 23.7 Å². The highest BCUT2D eigenvalue weighted by atomic mass is 79.9. The number of piperidine rings is 1. The summed E-state index contributed by atoms with van der Waals surface area (Å²) in [6.45, 7) is 3.01. The van der Waals surface area contributed by atoms with E-state index in [1.807, 2.05) is 11.0 Å². The summed E-state index contributed by atoms with van der Waals surface area (Å²) in [6, 6.07) is 1.88. The molecule has 7 nitrogen and oxygen atoms in total. The Labute approximate surface area is 159 Å². The van der Waals surface area contributed by atoms with Gasteiger partial charge in [-0.15, -0.1) is 0 Å². The summed E-state index contributed by atoms with van der Waals surface area (Å²) in [5, 5.41) is 0. The van der Waals surface area contributed by atoms with Gasteiger partial charge < -0.3 is 14.6 Å². The van der Waals surface area contributed by atoms with E-state index in [1.54, 1.807) is 13.1 Å². The quantitative estimate of drug-likeness (QED) is 0.767. The molecule has 1 amide bonds. The number of carbonyl (C=O) groups is 2. The molecule has 1 aliphatic heterocycles. The van der Waals surface area contributed by atoms with E-state index in [2.05, 4.69) is 30.9 Å². The lowest BCUT2D eigenvalue weighted by Gasteiger charge is -2.32. The number of fused-ring (bicyclic) bond motifs is 1.